The largest absolute Gasteiger partial charge is 0.465 e. The summed E-state index contributed by atoms with van der Waals surface area (Å²) in [6.45, 7) is 9.19. The summed E-state index contributed by atoms with van der Waals surface area (Å²) in [5.41, 5.74) is 0.145. The molecule has 1 aliphatic rings. The Morgan fingerprint density at radius 1 is 1.40 bits per heavy atom. The van der Waals surface area contributed by atoms with Crippen LogP contribution in [0.4, 0.5) is 0 Å². The molecule has 1 fully saturated rings. The molecule has 0 amide bonds. The van der Waals surface area contributed by atoms with E-state index in [1.807, 2.05) is 0 Å². The van der Waals surface area contributed by atoms with Gasteiger partial charge in [-0.3, -0.25) is 0 Å². The van der Waals surface area contributed by atoms with Gasteiger partial charge in [0.15, 0.2) is 0 Å². The lowest BCUT2D eigenvalue weighted by Crippen LogP contribution is -2.30. The summed E-state index contributed by atoms with van der Waals surface area (Å²) < 4.78 is 10.4. The van der Waals surface area contributed by atoms with Gasteiger partial charge in [-0.15, -0.1) is 0 Å². The third-order valence-corrected chi connectivity index (χ3v) is 1.38. The van der Waals surface area contributed by atoms with Gasteiger partial charge in [-0.25, -0.2) is 0 Å². The van der Waals surface area contributed by atoms with E-state index >= 15 is 0 Å². The Bertz CT molecular complexity index is 135. The first-order valence-corrected chi connectivity index (χ1v) is 3.39. The summed E-state index contributed by atoms with van der Waals surface area (Å²) in [5, 5.41) is 0. The quantitative estimate of drug-likeness (QED) is 0.511. The zero-order valence-electron chi connectivity index (χ0n) is 6.52. The van der Waals surface area contributed by atoms with Crippen LogP contribution in [0, 0.1) is 12.3 Å². The molecule has 0 saturated carbocycles. The molecule has 1 rings (SSSR count). The van der Waals surface area contributed by atoms with Crippen molar-refractivity contribution in [2.45, 2.75) is 13.8 Å². The van der Waals surface area contributed by atoms with Crippen molar-refractivity contribution in [1.29, 1.82) is 0 Å². The average Bonchev–Trinajstić information content (AvgIpc) is 1.88. The van der Waals surface area contributed by atoms with E-state index in [-0.39, 0.29) is 5.41 Å². The zero-order chi connectivity index (χ0) is 7.61. The van der Waals surface area contributed by atoms with E-state index in [0.29, 0.717) is 19.2 Å². The summed E-state index contributed by atoms with van der Waals surface area (Å²) in [4.78, 5) is 0. The van der Waals surface area contributed by atoms with Gasteiger partial charge in [-0.1, -0.05) is 13.8 Å². The average molecular weight is 141 g/mol. The van der Waals surface area contributed by atoms with E-state index < -0.39 is 0 Å². The molecule has 57 valence electrons. The maximum absolute atomic E-state index is 5.22. The lowest BCUT2D eigenvalue weighted by Gasteiger charge is -2.30. The van der Waals surface area contributed by atoms with Crippen LogP contribution in [0.15, 0.2) is 12.0 Å². The Morgan fingerprint density at radius 2 is 1.90 bits per heavy atom. The molecule has 0 spiro atoms. The third kappa shape index (κ3) is 1.66. The number of allylic oxidation sites excluding steroid dienone is 1. The summed E-state index contributed by atoms with van der Waals surface area (Å²) in [5.74, 6) is 0.555. The van der Waals surface area contributed by atoms with Crippen molar-refractivity contribution in [2.24, 2.45) is 5.41 Å². The molecule has 1 heterocycles. The maximum Gasteiger partial charge on any atom is 0.274 e. The monoisotopic (exact) mass is 141 g/mol. The molecule has 2 heteroatoms. The minimum Gasteiger partial charge on any atom is -0.465 e. The molecule has 0 aromatic rings. The van der Waals surface area contributed by atoms with Gasteiger partial charge < -0.3 is 9.47 Å². The van der Waals surface area contributed by atoms with Crippen LogP contribution in [0.2, 0.25) is 0 Å². The van der Waals surface area contributed by atoms with E-state index in [1.54, 1.807) is 6.08 Å². The van der Waals surface area contributed by atoms with E-state index in [4.69, 9.17) is 9.47 Å². The second-order valence-electron chi connectivity index (χ2n) is 3.26. The van der Waals surface area contributed by atoms with Gasteiger partial charge in [0.1, 0.15) is 0 Å². The highest BCUT2D eigenvalue weighted by Gasteiger charge is 2.25. The van der Waals surface area contributed by atoms with Gasteiger partial charge in [-0.05, 0) is 13.0 Å². The fraction of sp³-hybridized carbons (Fsp3) is 0.625. The lowest BCUT2D eigenvalue weighted by molar-refractivity contribution is -0.0847. The SMILES string of the molecule is [CH2]C=C1OCC(C)(C)CO1. The number of hydrogen-bond acceptors (Lipinski definition) is 2. The Kier molecular flexibility index (Phi) is 1.88. The van der Waals surface area contributed by atoms with Crippen LogP contribution in [0.1, 0.15) is 13.8 Å². The number of hydrogen-bond donors (Lipinski definition) is 0. The number of rotatable bonds is 0. The van der Waals surface area contributed by atoms with Crippen molar-refractivity contribution >= 4 is 0 Å². The highest BCUT2D eigenvalue weighted by atomic mass is 16.7. The summed E-state index contributed by atoms with van der Waals surface area (Å²) >= 11 is 0. The first-order chi connectivity index (χ1) is 4.64. The van der Waals surface area contributed by atoms with Crippen molar-refractivity contribution in [3.63, 3.8) is 0 Å². The first-order valence-electron chi connectivity index (χ1n) is 3.39. The van der Waals surface area contributed by atoms with Crippen LogP contribution in [0.5, 0.6) is 0 Å². The molecule has 0 N–H and O–H groups in total. The minimum absolute atomic E-state index is 0.145. The van der Waals surface area contributed by atoms with Crippen LogP contribution in [0.3, 0.4) is 0 Å². The Labute approximate surface area is 61.8 Å². The van der Waals surface area contributed by atoms with E-state index in [9.17, 15) is 0 Å². The predicted octanol–water partition coefficient (Wildman–Crippen LogP) is 1.73. The second kappa shape index (κ2) is 2.52. The molecule has 0 aliphatic carbocycles. The molecule has 0 unspecified atom stereocenters. The van der Waals surface area contributed by atoms with Crippen LogP contribution in [0.25, 0.3) is 0 Å². The molecule has 1 aliphatic heterocycles. The van der Waals surface area contributed by atoms with Crippen LogP contribution in [-0.4, -0.2) is 13.2 Å². The van der Waals surface area contributed by atoms with E-state index in [0.717, 1.165) is 0 Å². The number of ether oxygens (including phenoxy) is 2. The Balaban J connectivity index is 2.46. The highest BCUT2D eigenvalue weighted by molar-refractivity contribution is 4.90. The molecular formula is C8H13O2. The standard InChI is InChI=1S/C8H13O2/c1-4-7-9-5-8(2,3)6-10-7/h4H,1,5-6H2,2-3H3. The maximum atomic E-state index is 5.22. The van der Waals surface area contributed by atoms with Crippen molar-refractivity contribution in [2.75, 3.05) is 13.2 Å². The molecule has 1 radical (unpaired) electrons. The molecule has 0 bridgehead atoms. The van der Waals surface area contributed by atoms with Crippen molar-refractivity contribution < 1.29 is 9.47 Å². The molecule has 2 nitrogen and oxygen atoms in total. The smallest absolute Gasteiger partial charge is 0.274 e. The van der Waals surface area contributed by atoms with Gasteiger partial charge in [0.05, 0.1) is 13.2 Å². The Morgan fingerprint density at radius 3 is 2.30 bits per heavy atom. The summed E-state index contributed by atoms with van der Waals surface area (Å²) in [6.07, 6.45) is 1.59. The molecular weight excluding hydrogens is 128 g/mol. The van der Waals surface area contributed by atoms with Crippen LogP contribution in [-0.2, 0) is 9.47 Å². The van der Waals surface area contributed by atoms with Crippen molar-refractivity contribution in [3.8, 4) is 0 Å². The fourth-order valence-electron chi connectivity index (χ4n) is 0.734. The van der Waals surface area contributed by atoms with Crippen molar-refractivity contribution in [3.05, 3.63) is 18.9 Å². The van der Waals surface area contributed by atoms with E-state index in [2.05, 4.69) is 20.8 Å². The molecule has 0 aromatic heterocycles. The fourth-order valence-corrected chi connectivity index (χ4v) is 0.734. The van der Waals surface area contributed by atoms with Gasteiger partial charge in [0.2, 0.25) is 0 Å². The minimum atomic E-state index is 0.145. The molecule has 10 heavy (non-hydrogen) atoms. The molecule has 0 aromatic carbocycles. The molecule has 1 saturated heterocycles. The van der Waals surface area contributed by atoms with E-state index in [1.165, 1.54) is 0 Å². The second-order valence-corrected chi connectivity index (χ2v) is 3.26. The molecule has 0 atom stereocenters. The summed E-state index contributed by atoms with van der Waals surface area (Å²) in [7, 11) is 0. The zero-order valence-corrected chi connectivity index (χ0v) is 6.52. The Hall–Kier alpha value is -0.660. The van der Waals surface area contributed by atoms with Gasteiger partial charge in [0, 0.05) is 5.41 Å². The van der Waals surface area contributed by atoms with Gasteiger partial charge >= 0.3 is 0 Å². The van der Waals surface area contributed by atoms with Gasteiger partial charge in [0.25, 0.3) is 5.95 Å². The van der Waals surface area contributed by atoms with Crippen molar-refractivity contribution in [1.82, 2.24) is 0 Å². The third-order valence-electron chi connectivity index (χ3n) is 1.38. The predicted molar refractivity (Wildman–Crippen MR) is 39.1 cm³/mol. The normalized spacial score (nSPS) is 22.9. The first kappa shape index (κ1) is 7.45. The topological polar surface area (TPSA) is 18.5 Å². The van der Waals surface area contributed by atoms with Gasteiger partial charge in [-0.2, -0.15) is 0 Å². The lowest BCUT2D eigenvalue weighted by atomic mass is 9.96. The van der Waals surface area contributed by atoms with Crippen LogP contribution < -0.4 is 0 Å². The highest BCUT2D eigenvalue weighted by Crippen LogP contribution is 2.23. The summed E-state index contributed by atoms with van der Waals surface area (Å²) in [6, 6.07) is 0. The van der Waals surface area contributed by atoms with Crippen LogP contribution >= 0.6 is 0 Å².